The number of aryl methyl sites for hydroxylation is 4. The summed E-state index contributed by atoms with van der Waals surface area (Å²) in [7, 11) is 0. The van der Waals surface area contributed by atoms with E-state index < -0.39 is 0 Å². The molecule has 6 rings (SSSR count). The first-order valence-corrected chi connectivity index (χ1v) is 18.0. The summed E-state index contributed by atoms with van der Waals surface area (Å²) in [6, 6.07) is 35.6. The first kappa shape index (κ1) is 35.1. The number of hydrogen-bond donors (Lipinski definition) is 1. The van der Waals surface area contributed by atoms with Gasteiger partial charge in [-0.05, 0) is 125 Å². The van der Waals surface area contributed by atoms with Crippen molar-refractivity contribution in [2.24, 2.45) is 0 Å². The van der Waals surface area contributed by atoms with E-state index in [1.54, 1.807) is 5.56 Å². The molecule has 4 aromatic rings. The molecule has 2 heterocycles. The lowest BCUT2D eigenvalue weighted by atomic mass is 9.70. The van der Waals surface area contributed by atoms with Crippen LogP contribution < -0.4 is 0 Å². The standard InChI is InChI=1S/C22H29NO.C22H29N/c1-18-14-19(2)16-21(15-18)22(10-13-24)8-11-23(12-9-22)17-20-6-4-3-5-7-20;1-4-22(21-15-18(2)14-19(3)16-21)10-12-23(13-11-22)17-20-8-6-5-7-9-20/h3-7,14-16,24H,8-13,17H2,1-2H3;5-9,14-16H,4,10-13,17H2,1-3H3. The topological polar surface area (TPSA) is 26.7 Å². The lowest BCUT2D eigenvalue weighted by Crippen LogP contribution is -2.42. The van der Waals surface area contributed by atoms with E-state index in [0.29, 0.717) is 5.41 Å². The van der Waals surface area contributed by atoms with E-state index in [-0.39, 0.29) is 12.0 Å². The van der Waals surface area contributed by atoms with Gasteiger partial charge in [0.15, 0.2) is 0 Å². The molecule has 0 aromatic heterocycles. The highest BCUT2D eigenvalue weighted by molar-refractivity contribution is 5.36. The Kier molecular flexibility index (Phi) is 12.1. The van der Waals surface area contributed by atoms with E-state index in [4.69, 9.17) is 0 Å². The number of benzene rings is 4. The van der Waals surface area contributed by atoms with Crippen molar-refractivity contribution >= 4 is 0 Å². The number of hydrogen-bond acceptors (Lipinski definition) is 3. The second-order valence-electron chi connectivity index (χ2n) is 14.7. The highest BCUT2D eigenvalue weighted by Gasteiger charge is 2.36. The van der Waals surface area contributed by atoms with Crippen molar-refractivity contribution in [1.29, 1.82) is 0 Å². The Morgan fingerprint density at radius 3 is 1.26 bits per heavy atom. The number of rotatable bonds is 9. The molecule has 0 bridgehead atoms. The SMILES string of the molecule is CCC1(c2cc(C)cc(C)c2)CCN(Cc2ccccc2)CC1.Cc1cc(C)cc(C2(CCO)CCN(Cc3ccccc3)CC2)c1. The third-order valence-corrected chi connectivity index (χ3v) is 11.1. The number of aliphatic hydroxyl groups is 1. The summed E-state index contributed by atoms with van der Waals surface area (Å²) in [6.07, 6.45) is 6.93. The quantitative estimate of drug-likeness (QED) is 0.200. The van der Waals surface area contributed by atoms with Crippen LogP contribution in [0.3, 0.4) is 0 Å². The molecule has 4 aromatic carbocycles. The molecule has 0 radical (unpaired) electrons. The minimum Gasteiger partial charge on any atom is -0.396 e. The number of aliphatic hydroxyl groups excluding tert-OH is 1. The summed E-state index contributed by atoms with van der Waals surface area (Å²) in [6.45, 7) is 18.2. The van der Waals surface area contributed by atoms with Gasteiger partial charge in [0.05, 0.1) is 0 Å². The van der Waals surface area contributed by atoms with Crippen molar-refractivity contribution in [3.05, 3.63) is 142 Å². The highest BCUT2D eigenvalue weighted by Crippen LogP contribution is 2.41. The Morgan fingerprint density at radius 2 is 0.894 bits per heavy atom. The molecule has 2 fully saturated rings. The Hall–Kier alpha value is -3.24. The molecule has 2 aliphatic heterocycles. The maximum absolute atomic E-state index is 9.67. The molecular formula is C44H58N2O. The fraction of sp³-hybridized carbons (Fsp3) is 0.455. The molecule has 0 amide bonds. The molecule has 1 N–H and O–H groups in total. The Morgan fingerprint density at radius 1 is 0.532 bits per heavy atom. The van der Waals surface area contributed by atoms with Gasteiger partial charge in [-0.25, -0.2) is 0 Å². The second kappa shape index (κ2) is 16.2. The van der Waals surface area contributed by atoms with Gasteiger partial charge in [-0.15, -0.1) is 0 Å². The lowest BCUT2D eigenvalue weighted by molar-refractivity contribution is 0.126. The van der Waals surface area contributed by atoms with Crippen molar-refractivity contribution in [1.82, 2.24) is 9.80 Å². The van der Waals surface area contributed by atoms with Gasteiger partial charge in [0, 0.05) is 19.7 Å². The molecule has 0 atom stereocenters. The Bertz CT molecular complexity index is 1490. The molecule has 0 unspecified atom stereocenters. The fourth-order valence-corrected chi connectivity index (χ4v) is 8.27. The Balaban J connectivity index is 0.000000185. The largest absolute Gasteiger partial charge is 0.396 e. The van der Waals surface area contributed by atoms with Crippen molar-refractivity contribution in [3.8, 4) is 0 Å². The molecule has 0 saturated carbocycles. The smallest absolute Gasteiger partial charge is 0.0439 e. The predicted octanol–water partition coefficient (Wildman–Crippen LogP) is 9.47. The minimum absolute atomic E-state index is 0.138. The molecular weight excluding hydrogens is 572 g/mol. The number of nitrogens with zero attached hydrogens (tertiary/aromatic N) is 2. The molecule has 3 heteroatoms. The number of piperidine rings is 2. The van der Waals surface area contributed by atoms with E-state index in [2.05, 4.69) is 141 Å². The zero-order valence-electron chi connectivity index (χ0n) is 29.8. The number of likely N-dealkylation sites (tertiary alicyclic amines) is 2. The molecule has 0 aliphatic carbocycles. The van der Waals surface area contributed by atoms with Crippen molar-refractivity contribution in [2.75, 3.05) is 32.8 Å². The van der Waals surface area contributed by atoms with Crippen LogP contribution in [0.15, 0.2) is 97.1 Å². The van der Waals surface area contributed by atoms with Gasteiger partial charge in [0.25, 0.3) is 0 Å². The first-order chi connectivity index (χ1) is 22.7. The Labute approximate surface area is 285 Å². The van der Waals surface area contributed by atoms with E-state index in [1.165, 1.54) is 71.3 Å². The molecule has 250 valence electrons. The zero-order chi connectivity index (χ0) is 33.3. The van der Waals surface area contributed by atoms with Crippen LogP contribution in [0.2, 0.25) is 0 Å². The average Bonchev–Trinajstić information content (AvgIpc) is 3.07. The first-order valence-electron chi connectivity index (χ1n) is 18.0. The third-order valence-electron chi connectivity index (χ3n) is 11.1. The van der Waals surface area contributed by atoms with Crippen molar-refractivity contribution < 1.29 is 5.11 Å². The summed E-state index contributed by atoms with van der Waals surface area (Å²) in [4.78, 5) is 5.17. The summed E-state index contributed by atoms with van der Waals surface area (Å²) >= 11 is 0. The zero-order valence-corrected chi connectivity index (χ0v) is 29.8. The third kappa shape index (κ3) is 9.22. The van der Waals surface area contributed by atoms with E-state index in [1.807, 2.05) is 0 Å². The summed E-state index contributed by atoms with van der Waals surface area (Å²) in [5.41, 5.74) is 11.8. The minimum atomic E-state index is 0.138. The molecule has 47 heavy (non-hydrogen) atoms. The summed E-state index contributed by atoms with van der Waals surface area (Å²) < 4.78 is 0. The van der Waals surface area contributed by atoms with Crippen LogP contribution in [-0.4, -0.2) is 47.7 Å². The molecule has 0 spiro atoms. The average molecular weight is 631 g/mol. The van der Waals surface area contributed by atoms with Crippen LogP contribution in [0.25, 0.3) is 0 Å². The summed E-state index contributed by atoms with van der Waals surface area (Å²) in [5, 5.41) is 9.67. The van der Waals surface area contributed by atoms with Crippen LogP contribution in [0.1, 0.15) is 90.0 Å². The maximum atomic E-state index is 9.67. The van der Waals surface area contributed by atoms with Crippen LogP contribution in [0.4, 0.5) is 0 Å². The van der Waals surface area contributed by atoms with Gasteiger partial charge in [0.2, 0.25) is 0 Å². The lowest BCUT2D eigenvalue weighted by Gasteiger charge is -2.42. The van der Waals surface area contributed by atoms with Gasteiger partial charge in [-0.1, -0.05) is 126 Å². The highest BCUT2D eigenvalue weighted by atomic mass is 16.3. The second-order valence-corrected chi connectivity index (χ2v) is 14.7. The van der Waals surface area contributed by atoms with Crippen LogP contribution >= 0.6 is 0 Å². The van der Waals surface area contributed by atoms with Crippen molar-refractivity contribution in [2.45, 2.75) is 97.1 Å². The fourth-order valence-electron chi connectivity index (χ4n) is 8.27. The van der Waals surface area contributed by atoms with E-state index in [9.17, 15) is 5.11 Å². The van der Waals surface area contributed by atoms with Gasteiger partial charge >= 0.3 is 0 Å². The predicted molar refractivity (Wildman–Crippen MR) is 199 cm³/mol. The van der Waals surface area contributed by atoms with E-state index in [0.717, 1.165) is 45.4 Å². The summed E-state index contributed by atoms with van der Waals surface area (Å²) in [5.74, 6) is 0. The van der Waals surface area contributed by atoms with Gasteiger partial charge in [-0.3, -0.25) is 9.80 Å². The van der Waals surface area contributed by atoms with Crippen LogP contribution in [-0.2, 0) is 23.9 Å². The van der Waals surface area contributed by atoms with Gasteiger partial charge < -0.3 is 5.11 Å². The maximum Gasteiger partial charge on any atom is 0.0439 e. The molecule has 3 nitrogen and oxygen atoms in total. The van der Waals surface area contributed by atoms with E-state index >= 15 is 0 Å². The van der Waals surface area contributed by atoms with Crippen LogP contribution in [0.5, 0.6) is 0 Å². The normalized spacial score (nSPS) is 17.9. The van der Waals surface area contributed by atoms with Crippen molar-refractivity contribution in [3.63, 3.8) is 0 Å². The van der Waals surface area contributed by atoms with Gasteiger partial charge in [0.1, 0.15) is 0 Å². The van der Waals surface area contributed by atoms with Crippen LogP contribution in [0, 0.1) is 27.7 Å². The molecule has 2 saturated heterocycles. The molecule has 2 aliphatic rings. The monoisotopic (exact) mass is 630 g/mol. The van der Waals surface area contributed by atoms with Gasteiger partial charge in [-0.2, -0.15) is 0 Å².